The second-order valence-electron chi connectivity index (χ2n) is 9.29. The van der Waals surface area contributed by atoms with Crippen LogP contribution in [-0.4, -0.2) is 14.9 Å². The van der Waals surface area contributed by atoms with Gasteiger partial charge in [-0.1, -0.05) is 83.4 Å². The number of hydrogen-bond acceptors (Lipinski definition) is 1. The second-order valence-corrected chi connectivity index (χ2v) is 11.5. The van der Waals surface area contributed by atoms with Gasteiger partial charge in [-0.3, -0.25) is 4.79 Å². The van der Waals surface area contributed by atoms with Gasteiger partial charge in [0.05, 0.1) is 5.41 Å². The molecule has 0 aromatic heterocycles. The Morgan fingerprint density at radius 1 is 0.833 bits per heavy atom. The Hall–Kier alpha value is 0.461. The summed E-state index contributed by atoms with van der Waals surface area (Å²) in [7, 11) is -0.795. The molecule has 1 atom stereocenters. The summed E-state index contributed by atoms with van der Waals surface area (Å²) in [6.45, 7) is 13.5. The molecule has 171 valence electrons. The minimum atomic E-state index is -0.795. The van der Waals surface area contributed by atoms with Gasteiger partial charge in [-0.25, -0.2) is 0 Å². The first-order chi connectivity index (χ1) is 12.8. The third-order valence-electron chi connectivity index (χ3n) is 7.16. The zero-order valence-electron chi connectivity index (χ0n) is 20.0. The third-order valence-corrected chi connectivity index (χ3v) is 7.89. The van der Waals surface area contributed by atoms with E-state index in [2.05, 4.69) is 45.8 Å². The summed E-state index contributed by atoms with van der Waals surface area (Å²) in [6.07, 6.45) is 13.8. The first kappa shape index (κ1) is 32.6. The Bertz CT molecular complexity index is 592. The van der Waals surface area contributed by atoms with Gasteiger partial charge in [0.1, 0.15) is 0 Å². The van der Waals surface area contributed by atoms with Crippen molar-refractivity contribution in [2.45, 2.75) is 111 Å². The van der Waals surface area contributed by atoms with Gasteiger partial charge < -0.3 is 29.8 Å². The van der Waals surface area contributed by atoms with Crippen LogP contribution >= 0.6 is 0 Å². The number of carbonyl (C=O) groups is 1. The molecule has 0 spiro atoms. The van der Waals surface area contributed by atoms with Crippen molar-refractivity contribution in [1.82, 2.24) is 4.98 Å². The number of allylic oxidation sites excluding steroid dienone is 3. The molecule has 2 rings (SSSR count). The van der Waals surface area contributed by atoms with Gasteiger partial charge in [0.15, 0.2) is 8.96 Å². The minimum Gasteiger partial charge on any atom is -1.00 e. The fraction of sp³-hybridized carbons (Fsp3) is 0.792. The Labute approximate surface area is 215 Å². The molecule has 1 fully saturated rings. The minimum absolute atomic E-state index is 0. The summed E-state index contributed by atoms with van der Waals surface area (Å²) >= 11 is 0. The predicted octanol–water partition coefficient (Wildman–Crippen LogP) is 0.953. The van der Waals surface area contributed by atoms with Crippen LogP contribution in [0.1, 0.15) is 98.3 Å². The molecule has 6 heteroatoms. The summed E-state index contributed by atoms with van der Waals surface area (Å²) in [5.41, 5.74) is 5.47. The van der Waals surface area contributed by atoms with E-state index in [1.807, 2.05) is 0 Å². The van der Waals surface area contributed by atoms with Crippen LogP contribution in [0.15, 0.2) is 22.3 Å². The molecule has 1 radical (unpaired) electrons. The van der Waals surface area contributed by atoms with Gasteiger partial charge in [0.25, 0.3) is 0 Å². The van der Waals surface area contributed by atoms with Gasteiger partial charge in [0.2, 0.25) is 5.91 Å². The quantitative estimate of drug-likeness (QED) is 0.567. The van der Waals surface area contributed by atoms with Crippen LogP contribution < -0.4 is 29.8 Å². The van der Waals surface area contributed by atoms with Crippen LogP contribution in [-0.2, 0) is 26.5 Å². The van der Waals surface area contributed by atoms with Crippen LogP contribution in [0.25, 0.3) is 0 Å². The molecule has 1 N–H and O–H groups in total. The Balaban J connectivity index is 0. The number of hydrogen-bond donors (Lipinski definition) is 1. The second kappa shape index (κ2) is 15.3. The zero-order chi connectivity index (χ0) is 20.0. The van der Waals surface area contributed by atoms with E-state index in [9.17, 15) is 4.79 Å². The molecule has 2 nitrogen and oxygen atoms in total. The van der Waals surface area contributed by atoms with Crippen molar-refractivity contribution in [1.29, 1.82) is 0 Å². The molecule has 0 aromatic rings. The summed E-state index contributed by atoms with van der Waals surface area (Å²) < 4.78 is 0. The third kappa shape index (κ3) is 7.80. The van der Waals surface area contributed by atoms with E-state index < -0.39 is 8.96 Å². The standard InChI is InChI=1S/C24H42NOSi.2ClH.Ti/c1-18-19(2)21(4)22(20(18)3)24(23(26)25-27(5)6)16-14-12-10-8-7-9-11-13-15-17-24;;;/h20H,7-17H2,1-6H3,(H,25,26);2*1H;/q;;;+2/p-2. The van der Waals surface area contributed by atoms with Crippen molar-refractivity contribution < 1.29 is 51.3 Å². The molecule has 0 bridgehead atoms. The first-order valence-corrected chi connectivity index (χ1v) is 13.8. The number of rotatable bonds is 3. The van der Waals surface area contributed by atoms with E-state index in [4.69, 9.17) is 0 Å². The molecule has 2 aliphatic carbocycles. The monoisotopic (exact) mass is 506 g/mol. The summed E-state index contributed by atoms with van der Waals surface area (Å²) in [5.74, 6) is 0.746. The van der Waals surface area contributed by atoms with Crippen molar-refractivity contribution >= 4 is 14.9 Å². The molecule has 2 aliphatic rings. The fourth-order valence-electron chi connectivity index (χ4n) is 5.32. The molecular weight excluding hydrogens is 465 g/mol. The molecule has 0 aromatic carbocycles. The zero-order valence-corrected chi connectivity index (χ0v) is 24.1. The molecule has 0 aliphatic heterocycles. The average Bonchev–Trinajstić information content (AvgIpc) is 2.79. The van der Waals surface area contributed by atoms with Gasteiger partial charge in [0, 0.05) is 0 Å². The molecule has 0 saturated heterocycles. The van der Waals surface area contributed by atoms with Crippen molar-refractivity contribution in [2.75, 3.05) is 0 Å². The smallest absolute Gasteiger partial charge is 1.00 e. The van der Waals surface area contributed by atoms with E-state index in [-0.39, 0.29) is 51.9 Å². The summed E-state index contributed by atoms with van der Waals surface area (Å²) in [4.78, 5) is 17.1. The van der Waals surface area contributed by atoms with Crippen molar-refractivity contribution in [3.8, 4) is 0 Å². The molecular formula is C24H42Cl2NOSiTi. The molecule has 1 amide bonds. The molecule has 1 unspecified atom stereocenters. The van der Waals surface area contributed by atoms with E-state index >= 15 is 0 Å². The fourth-order valence-corrected chi connectivity index (χ4v) is 6.01. The van der Waals surface area contributed by atoms with Crippen LogP contribution in [0.3, 0.4) is 0 Å². The van der Waals surface area contributed by atoms with Crippen LogP contribution in [0.4, 0.5) is 0 Å². The maximum Gasteiger partial charge on any atom is 2.00 e. The Morgan fingerprint density at radius 2 is 1.23 bits per heavy atom. The predicted molar refractivity (Wildman–Crippen MR) is 119 cm³/mol. The van der Waals surface area contributed by atoms with E-state index in [0.717, 1.165) is 12.8 Å². The number of halogens is 2. The van der Waals surface area contributed by atoms with Crippen molar-refractivity contribution in [3.63, 3.8) is 0 Å². The number of carbonyl (C=O) groups excluding carboxylic acids is 1. The Morgan fingerprint density at radius 3 is 1.57 bits per heavy atom. The van der Waals surface area contributed by atoms with Gasteiger partial charge >= 0.3 is 21.7 Å². The number of amides is 1. The maximum absolute atomic E-state index is 13.7. The van der Waals surface area contributed by atoms with Gasteiger partial charge in [-0.2, -0.15) is 0 Å². The van der Waals surface area contributed by atoms with Crippen LogP contribution in [0.2, 0.25) is 13.1 Å². The normalized spacial score (nSPS) is 22.8. The van der Waals surface area contributed by atoms with E-state index in [1.54, 1.807) is 0 Å². The SMILES string of the molecule is CC1=C(C)C(C)C(C2(C(=O)N[Si](C)C)CCCCCCCCCCC2)=C1C.[Cl-].[Cl-].[Ti+2]. The Kier molecular flexibility index (Phi) is 16.7. The first-order valence-electron chi connectivity index (χ1n) is 11.3. The maximum atomic E-state index is 13.7. The van der Waals surface area contributed by atoms with E-state index in [0.29, 0.717) is 11.8 Å². The summed E-state index contributed by atoms with van der Waals surface area (Å²) in [5, 5.41) is 0. The number of nitrogens with one attached hydrogen (secondary N) is 1. The van der Waals surface area contributed by atoms with Gasteiger partial charge in [-0.05, 0) is 56.3 Å². The molecule has 30 heavy (non-hydrogen) atoms. The van der Waals surface area contributed by atoms with Crippen LogP contribution in [0.5, 0.6) is 0 Å². The average molecular weight is 507 g/mol. The summed E-state index contributed by atoms with van der Waals surface area (Å²) in [6, 6.07) is 0. The van der Waals surface area contributed by atoms with Crippen molar-refractivity contribution in [3.05, 3.63) is 22.3 Å². The molecule has 0 heterocycles. The van der Waals surface area contributed by atoms with Crippen LogP contribution in [0, 0.1) is 11.3 Å². The molecule has 1 saturated carbocycles. The van der Waals surface area contributed by atoms with Gasteiger partial charge in [-0.15, -0.1) is 0 Å². The van der Waals surface area contributed by atoms with E-state index in [1.165, 1.54) is 80.1 Å². The largest absolute Gasteiger partial charge is 2.00 e. The van der Waals surface area contributed by atoms with Crippen molar-refractivity contribution in [2.24, 2.45) is 11.3 Å². The topological polar surface area (TPSA) is 29.1 Å².